The molecule has 0 unspecified atom stereocenters. The summed E-state index contributed by atoms with van der Waals surface area (Å²) >= 11 is 12.0. The van der Waals surface area contributed by atoms with E-state index < -0.39 is 12.1 Å². The Bertz CT molecular complexity index is 1150. The van der Waals surface area contributed by atoms with Crippen molar-refractivity contribution in [1.82, 2.24) is 24.9 Å². The molecule has 11 nitrogen and oxygen atoms in total. The molecule has 0 aliphatic carbocycles. The van der Waals surface area contributed by atoms with Crippen LogP contribution in [0, 0.1) is 0 Å². The summed E-state index contributed by atoms with van der Waals surface area (Å²) in [6.07, 6.45) is 2.83. The molecule has 3 amide bonds. The van der Waals surface area contributed by atoms with Crippen LogP contribution in [0.2, 0.25) is 10.2 Å². The van der Waals surface area contributed by atoms with Crippen LogP contribution in [-0.2, 0) is 9.53 Å². The van der Waals surface area contributed by atoms with Gasteiger partial charge in [0.05, 0.1) is 35.2 Å². The Morgan fingerprint density at radius 2 is 1.91 bits per heavy atom. The zero-order valence-corrected chi connectivity index (χ0v) is 19.7. The molecule has 0 saturated carbocycles. The second kappa shape index (κ2) is 11.1. The summed E-state index contributed by atoms with van der Waals surface area (Å²) in [7, 11) is 1.54. The van der Waals surface area contributed by atoms with Gasteiger partial charge in [-0.05, 0) is 13.0 Å². The lowest BCUT2D eigenvalue weighted by atomic mass is 10.2. The maximum atomic E-state index is 12.8. The number of ether oxygens (including phenoxy) is 2. The summed E-state index contributed by atoms with van der Waals surface area (Å²) in [6, 6.07) is 2.51. The average Bonchev–Trinajstić information content (AvgIpc) is 3.17. The number of nitrogens with zero attached hydrogens (tertiary/aromatic N) is 4. The van der Waals surface area contributed by atoms with Gasteiger partial charge in [-0.3, -0.25) is 4.79 Å². The van der Waals surface area contributed by atoms with E-state index in [4.69, 9.17) is 32.7 Å². The normalized spacial score (nSPS) is 11.8. The van der Waals surface area contributed by atoms with Crippen LogP contribution < -0.4 is 20.7 Å². The molecule has 0 aliphatic rings. The molecule has 3 aromatic heterocycles. The number of carbonyl (C=O) groups excluding carboxylic acids is 2. The summed E-state index contributed by atoms with van der Waals surface area (Å²) in [4.78, 5) is 32.5. The monoisotopic (exact) mass is 495 g/mol. The van der Waals surface area contributed by atoms with Crippen LogP contribution in [0.4, 0.5) is 16.2 Å². The fourth-order valence-corrected chi connectivity index (χ4v) is 3.22. The van der Waals surface area contributed by atoms with Crippen LogP contribution in [0.5, 0.6) is 5.88 Å². The Morgan fingerprint density at radius 1 is 1.15 bits per heavy atom. The number of carbonyl (C=O) groups is 2. The third-order valence-corrected chi connectivity index (χ3v) is 4.92. The van der Waals surface area contributed by atoms with Crippen LogP contribution in [0.15, 0.2) is 24.5 Å². The third kappa shape index (κ3) is 6.21. The molecule has 33 heavy (non-hydrogen) atoms. The highest BCUT2D eigenvalue weighted by Crippen LogP contribution is 2.28. The quantitative estimate of drug-likeness (QED) is 0.385. The molecule has 0 saturated heterocycles. The van der Waals surface area contributed by atoms with Crippen LogP contribution >= 0.6 is 23.2 Å². The first-order chi connectivity index (χ1) is 15.8. The van der Waals surface area contributed by atoms with Crippen LogP contribution in [0.1, 0.15) is 32.1 Å². The number of anilines is 2. The summed E-state index contributed by atoms with van der Waals surface area (Å²) in [6.45, 7) is 4.01. The van der Waals surface area contributed by atoms with Crippen molar-refractivity contribution in [1.29, 1.82) is 0 Å². The minimum atomic E-state index is -0.591. The molecule has 3 rings (SSSR count). The zero-order chi connectivity index (χ0) is 24.0. The largest absolute Gasteiger partial charge is 0.474 e. The second-order valence-corrected chi connectivity index (χ2v) is 7.63. The number of hydrogen-bond acceptors (Lipinski definition) is 7. The van der Waals surface area contributed by atoms with E-state index in [1.165, 1.54) is 30.1 Å². The van der Waals surface area contributed by atoms with E-state index in [2.05, 4.69) is 31.0 Å². The number of pyridine rings is 1. The first-order valence-electron chi connectivity index (χ1n) is 10.0. The minimum Gasteiger partial charge on any atom is -0.474 e. The molecule has 13 heteroatoms. The van der Waals surface area contributed by atoms with E-state index in [9.17, 15) is 9.59 Å². The smallest absolute Gasteiger partial charge is 0.323 e. The number of hydrogen-bond donors (Lipinski definition) is 3. The van der Waals surface area contributed by atoms with Crippen LogP contribution in [-0.4, -0.2) is 51.8 Å². The fourth-order valence-electron chi connectivity index (χ4n) is 2.89. The van der Waals surface area contributed by atoms with Gasteiger partial charge < -0.3 is 25.4 Å². The average molecular weight is 496 g/mol. The molecular weight excluding hydrogens is 473 g/mol. The van der Waals surface area contributed by atoms with Gasteiger partial charge in [0.2, 0.25) is 11.8 Å². The Kier molecular flexibility index (Phi) is 8.26. The standard InChI is InChI=1S/C20H23Cl2N7O4/c1-4-17(30)23-5-6-33-19-13(7-12(21)9-25-19)26-20(31)27-14-10-24-16-8-15(22)28-29(16)18(14)11(2)32-3/h7-11H,4-6H2,1-3H3,(H,23,30)(H2,26,27,31)/t11-/m0/s1. The lowest BCUT2D eigenvalue weighted by molar-refractivity contribution is -0.120. The maximum Gasteiger partial charge on any atom is 0.323 e. The number of amides is 3. The van der Waals surface area contributed by atoms with E-state index in [0.717, 1.165) is 0 Å². The number of urea groups is 1. The van der Waals surface area contributed by atoms with Crippen LogP contribution in [0.25, 0.3) is 5.65 Å². The zero-order valence-electron chi connectivity index (χ0n) is 18.2. The summed E-state index contributed by atoms with van der Waals surface area (Å²) in [5.74, 6) is 0.0590. The van der Waals surface area contributed by atoms with Crippen molar-refractivity contribution in [3.05, 3.63) is 40.4 Å². The molecule has 3 N–H and O–H groups in total. The first kappa shape index (κ1) is 24.5. The van der Waals surface area contributed by atoms with Crippen molar-refractivity contribution in [2.45, 2.75) is 26.4 Å². The summed E-state index contributed by atoms with van der Waals surface area (Å²) in [5.41, 5.74) is 1.68. The number of halogens is 2. The molecule has 0 fully saturated rings. The molecule has 0 bridgehead atoms. The molecule has 3 heterocycles. The van der Waals surface area contributed by atoms with E-state index in [-0.39, 0.29) is 29.2 Å². The van der Waals surface area contributed by atoms with Gasteiger partial charge in [0.1, 0.15) is 12.3 Å². The van der Waals surface area contributed by atoms with Crippen molar-refractivity contribution in [2.75, 3.05) is 30.9 Å². The molecule has 0 spiro atoms. The van der Waals surface area contributed by atoms with Crippen molar-refractivity contribution in [2.24, 2.45) is 0 Å². The number of methoxy groups -OCH3 is 1. The number of nitrogens with one attached hydrogen (secondary N) is 3. The Morgan fingerprint density at radius 3 is 2.64 bits per heavy atom. The lowest BCUT2D eigenvalue weighted by Gasteiger charge is -2.17. The maximum absolute atomic E-state index is 12.8. The SMILES string of the molecule is CCC(=O)NCCOc1ncc(Cl)cc1NC(=O)Nc1cnc2cc(Cl)nn2c1[C@H](C)OC. The van der Waals surface area contributed by atoms with E-state index >= 15 is 0 Å². The van der Waals surface area contributed by atoms with E-state index in [0.29, 0.717) is 35.0 Å². The Labute approximate surface area is 199 Å². The van der Waals surface area contributed by atoms with Gasteiger partial charge in [0.25, 0.3) is 0 Å². The highest BCUT2D eigenvalue weighted by atomic mass is 35.5. The van der Waals surface area contributed by atoms with Crippen molar-refractivity contribution < 1.29 is 19.1 Å². The topological polar surface area (TPSA) is 132 Å². The molecule has 0 aliphatic heterocycles. The highest BCUT2D eigenvalue weighted by molar-refractivity contribution is 6.31. The van der Waals surface area contributed by atoms with Gasteiger partial charge in [0, 0.05) is 25.8 Å². The van der Waals surface area contributed by atoms with Gasteiger partial charge >= 0.3 is 6.03 Å². The highest BCUT2D eigenvalue weighted by Gasteiger charge is 2.20. The van der Waals surface area contributed by atoms with Gasteiger partial charge in [0.15, 0.2) is 10.8 Å². The second-order valence-electron chi connectivity index (χ2n) is 6.81. The molecular formula is C20H23Cl2N7O4. The fraction of sp³-hybridized carbons (Fsp3) is 0.350. The van der Waals surface area contributed by atoms with Gasteiger partial charge in [-0.15, -0.1) is 0 Å². The van der Waals surface area contributed by atoms with Crippen LogP contribution in [0.3, 0.4) is 0 Å². The van der Waals surface area contributed by atoms with Crippen molar-refractivity contribution in [3.63, 3.8) is 0 Å². The lowest BCUT2D eigenvalue weighted by Crippen LogP contribution is -2.27. The predicted octanol–water partition coefficient (Wildman–Crippen LogP) is 3.69. The predicted molar refractivity (Wildman–Crippen MR) is 124 cm³/mol. The number of fused-ring (bicyclic) bond motifs is 1. The van der Waals surface area contributed by atoms with Gasteiger partial charge in [-0.2, -0.15) is 5.10 Å². The van der Waals surface area contributed by atoms with Crippen molar-refractivity contribution >= 4 is 52.2 Å². The number of rotatable bonds is 9. The Balaban J connectivity index is 1.76. The van der Waals surface area contributed by atoms with Crippen molar-refractivity contribution in [3.8, 4) is 5.88 Å². The molecule has 0 radical (unpaired) electrons. The first-order valence-corrected chi connectivity index (χ1v) is 10.8. The van der Waals surface area contributed by atoms with Gasteiger partial charge in [-0.1, -0.05) is 30.1 Å². The molecule has 0 aromatic carbocycles. The van der Waals surface area contributed by atoms with E-state index in [1.54, 1.807) is 19.9 Å². The summed E-state index contributed by atoms with van der Waals surface area (Å²) < 4.78 is 12.5. The molecule has 1 atom stereocenters. The van der Waals surface area contributed by atoms with E-state index in [1.807, 2.05) is 0 Å². The minimum absolute atomic E-state index is 0.0921. The van der Waals surface area contributed by atoms with Gasteiger partial charge in [-0.25, -0.2) is 19.3 Å². The molecule has 176 valence electrons. The Hall–Kier alpha value is -3.15. The summed E-state index contributed by atoms with van der Waals surface area (Å²) in [5, 5.41) is 12.9. The third-order valence-electron chi connectivity index (χ3n) is 4.53. The number of aromatic nitrogens is 4. The molecule has 3 aromatic rings.